The fraction of sp³-hybridized carbons (Fsp3) is 0.400. The van der Waals surface area contributed by atoms with E-state index in [1.54, 1.807) is 6.07 Å². The number of rotatable bonds is 3. The van der Waals surface area contributed by atoms with Crippen molar-refractivity contribution in [3.05, 3.63) is 39.8 Å². The third kappa shape index (κ3) is 2.37. The second-order valence-corrected chi connectivity index (χ2v) is 5.44. The molecule has 7 heteroatoms. The van der Waals surface area contributed by atoms with Gasteiger partial charge in [-0.05, 0) is 24.6 Å². The summed E-state index contributed by atoms with van der Waals surface area (Å²) in [5.74, 6) is 0. The second kappa shape index (κ2) is 5.85. The minimum atomic E-state index is -0.217. The molecule has 0 saturated carbocycles. The van der Waals surface area contributed by atoms with Gasteiger partial charge in [-0.1, -0.05) is 6.07 Å². The number of aromatic nitrogens is 2. The molecule has 22 heavy (non-hydrogen) atoms. The van der Waals surface area contributed by atoms with Gasteiger partial charge < -0.3 is 5.73 Å². The van der Waals surface area contributed by atoms with E-state index in [0.717, 1.165) is 17.5 Å². The van der Waals surface area contributed by atoms with E-state index in [4.69, 9.17) is 11.0 Å². The predicted octanol–water partition coefficient (Wildman–Crippen LogP) is 0.198. The Morgan fingerprint density at radius 1 is 1.50 bits per heavy atom. The molecule has 4 N–H and O–H groups in total. The Hall–Kier alpha value is -2.27. The van der Waals surface area contributed by atoms with E-state index in [1.165, 1.54) is 0 Å². The van der Waals surface area contributed by atoms with E-state index in [2.05, 4.69) is 26.5 Å². The third-order valence-electron chi connectivity index (χ3n) is 4.23. The zero-order chi connectivity index (χ0) is 15.7. The topological polar surface area (TPSA) is 111 Å². The molecule has 2 aromatic rings. The lowest BCUT2D eigenvalue weighted by Gasteiger charge is -2.24. The Bertz CT molecular complexity index is 793. The summed E-state index contributed by atoms with van der Waals surface area (Å²) >= 11 is 0. The highest BCUT2D eigenvalue weighted by Gasteiger charge is 2.31. The number of hydrogen-bond acceptors (Lipinski definition) is 6. The summed E-state index contributed by atoms with van der Waals surface area (Å²) in [7, 11) is 0. The Kier molecular flexibility index (Phi) is 3.90. The van der Waals surface area contributed by atoms with E-state index in [9.17, 15) is 4.79 Å². The number of nitrogens with zero attached hydrogens (tertiary/aromatic N) is 3. The highest BCUT2D eigenvalue weighted by Crippen LogP contribution is 2.28. The first-order valence-corrected chi connectivity index (χ1v) is 7.23. The summed E-state index contributed by atoms with van der Waals surface area (Å²) in [4.78, 5) is 14.0. The van der Waals surface area contributed by atoms with Crippen LogP contribution in [0.4, 0.5) is 0 Å². The lowest BCUT2D eigenvalue weighted by molar-refractivity contribution is 0.228. The van der Waals surface area contributed by atoms with Crippen LogP contribution in [0.25, 0.3) is 10.8 Å². The average Bonchev–Trinajstić information content (AvgIpc) is 2.89. The average molecular weight is 298 g/mol. The molecule has 7 nitrogen and oxygen atoms in total. The minimum absolute atomic E-state index is 0.101. The van der Waals surface area contributed by atoms with Crippen LogP contribution in [0.3, 0.4) is 0 Å². The van der Waals surface area contributed by atoms with E-state index in [1.807, 2.05) is 19.1 Å². The van der Waals surface area contributed by atoms with Gasteiger partial charge in [0.05, 0.1) is 29.9 Å². The number of fused-ring (bicyclic) bond motifs is 1. The van der Waals surface area contributed by atoms with Crippen LogP contribution in [0.1, 0.15) is 24.2 Å². The maximum Gasteiger partial charge on any atom is 0.272 e. The molecule has 2 unspecified atom stereocenters. The maximum absolute atomic E-state index is 11.9. The largest absolute Gasteiger partial charge is 0.325 e. The summed E-state index contributed by atoms with van der Waals surface area (Å²) in [5.41, 5.74) is 7.23. The van der Waals surface area contributed by atoms with Crippen molar-refractivity contribution in [1.82, 2.24) is 20.4 Å². The molecule has 0 amide bonds. The van der Waals surface area contributed by atoms with Gasteiger partial charge >= 0.3 is 0 Å². The van der Waals surface area contributed by atoms with Crippen LogP contribution >= 0.6 is 0 Å². The first-order valence-electron chi connectivity index (χ1n) is 7.23. The molecule has 1 aliphatic rings. The molecule has 0 radical (unpaired) electrons. The van der Waals surface area contributed by atoms with Crippen LogP contribution in [-0.2, 0) is 6.54 Å². The molecule has 1 fully saturated rings. The third-order valence-corrected chi connectivity index (χ3v) is 4.23. The zero-order valence-corrected chi connectivity index (χ0v) is 12.3. The Morgan fingerprint density at radius 2 is 2.32 bits per heavy atom. The smallest absolute Gasteiger partial charge is 0.272 e. The molecule has 114 valence electrons. The molecule has 2 atom stereocenters. The van der Waals surface area contributed by atoms with E-state index >= 15 is 0 Å². The van der Waals surface area contributed by atoms with Crippen molar-refractivity contribution < 1.29 is 0 Å². The monoisotopic (exact) mass is 298 g/mol. The second-order valence-electron chi connectivity index (χ2n) is 5.44. The van der Waals surface area contributed by atoms with Crippen LogP contribution in [0.15, 0.2) is 23.0 Å². The van der Waals surface area contributed by atoms with Gasteiger partial charge in [0.1, 0.15) is 0 Å². The first kappa shape index (κ1) is 14.7. The van der Waals surface area contributed by atoms with Crippen molar-refractivity contribution >= 4 is 10.8 Å². The van der Waals surface area contributed by atoms with Crippen LogP contribution in [0, 0.1) is 11.3 Å². The standard InChI is InChI=1S/C15H18N6O/c1-9-18-8-14(21(9)5-4-16)10-2-3-11-12(6-10)13(7-17)19-20-15(11)22/h2-3,6,9,14,18H,5,7-8,17H2,1H3,(H,20,22). The number of benzene rings is 1. The van der Waals surface area contributed by atoms with Gasteiger partial charge in [0.15, 0.2) is 0 Å². The molecule has 1 aromatic carbocycles. The number of aromatic amines is 1. The Balaban J connectivity index is 2.09. The molecule has 0 bridgehead atoms. The number of nitrogens with two attached hydrogens (primary N) is 1. The number of nitriles is 1. The number of nitrogens with one attached hydrogen (secondary N) is 2. The SMILES string of the molecule is CC1NCC(c2ccc3c(=O)[nH]nc(CN)c3c2)N1CC#N. The van der Waals surface area contributed by atoms with Crippen LogP contribution in [-0.4, -0.2) is 34.4 Å². The predicted molar refractivity (Wildman–Crippen MR) is 82.8 cm³/mol. The maximum atomic E-state index is 11.9. The van der Waals surface area contributed by atoms with Crippen LogP contribution in [0.2, 0.25) is 0 Å². The molecule has 1 aliphatic heterocycles. The van der Waals surface area contributed by atoms with Crippen molar-refractivity contribution in [2.75, 3.05) is 13.1 Å². The Morgan fingerprint density at radius 3 is 3.05 bits per heavy atom. The molecule has 3 rings (SSSR count). The summed E-state index contributed by atoms with van der Waals surface area (Å²) < 4.78 is 0. The molecular formula is C15H18N6O. The fourth-order valence-corrected chi connectivity index (χ4v) is 3.02. The van der Waals surface area contributed by atoms with Crippen molar-refractivity contribution in [3.8, 4) is 6.07 Å². The number of hydrogen-bond donors (Lipinski definition) is 3. The zero-order valence-electron chi connectivity index (χ0n) is 12.3. The quantitative estimate of drug-likeness (QED) is 0.698. The minimum Gasteiger partial charge on any atom is -0.325 e. The normalized spacial score (nSPS) is 22.0. The van der Waals surface area contributed by atoms with Gasteiger partial charge in [0, 0.05) is 24.5 Å². The van der Waals surface area contributed by atoms with Crippen LogP contribution < -0.4 is 16.6 Å². The highest BCUT2D eigenvalue weighted by molar-refractivity contribution is 5.84. The highest BCUT2D eigenvalue weighted by atomic mass is 16.1. The summed E-state index contributed by atoms with van der Waals surface area (Å²) in [6, 6.07) is 8.02. The van der Waals surface area contributed by atoms with E-state index in [0.29, 0.717) is 17.6 Å². The summed E-state index contributed by atoms with van der Waals surface area (Å²) in [6.07, 6.45) is 0.145. The first-order chi connectivity index (χ1) is 10.7. The van der Waals surface area contributed by atoms with Gasteiger partial charge in [-0.15, -0.1) is 0 Å². The number of H-pyrrole nitrogens is 1. The summed E-state index contributed by atoms with van der Waals surface area (Å²) in [6.45, 7) is 3.42. The van der Waals surface area contributed by atoms with Gasteiger partial charge in [-0.2, -0.15) is 10.4 Å². The Labute approximate surface area is 127 Å². The van der Waals surface area contributed by atoms with Gasteiger partial charge in [-0.25, -0.2) is 5.10 Å². The van der Waals surface area contributed by atoms with E-state index in [-0.39, 0.29) is 24.3 Å². The molecule has 1 aromatic heterocycles. The summed E-state index contributed by atoms with van der Waals surface area (Å²) in [5, 5.41) is 20.2. The van der Waals surface area contributed by atoms with E-state index < -0.39 is 0 Å². The molecule has 2 heterocycles. The molecule has 0 spiro atoms. The van der Waals surface area contributed by atoms with Crippen LogP contribution in [0.5, 0.6) is 0 Å². The fourth-order valence-electron chi connectivity index (χ4n) is 3.02. The van der Waals surface area contributed by atoms with Crippen molar-refractivity contribution in [2.24, 2.45) is 5.73 Å². The van der Waals surface area contributed by atoms with Gasteiger partial charge in [0.2, 0.25) is 0 Å². The molecule has 1 saturated heterocycles. The molecular weight excluding hydrogens is 280 g/mol. The van der Waals surface area contributed by atoms with Crippen molar-refractivity contribution in [3.63, 3.8) is 0 Å². The van der Waals surface area contributed by atoms with Gasteiger partial charge in [0.25, 0.3) is 5.56 Å². The lowest BCUT2D eigenvalue weighted by Crippen LogP contribution is -2.34. The van der Waals surface area contributed by atoms with Gasteiger partial charge in [-0.3, -0.25) is 15.0 Å². The molecule has 0 aliphatic carbocycles. The van der Waals surface area contributed by atoms with Crippen molar-refractivity contribution in [1.29, 1.82) is 5.26 Å². The lowest BCUT2D eigenvalue weighted by atomic mass is 10.0. The van der Waals surface area contributed by atoms with Crippen molar-refractivity contribution in [2.45, 2.75) is 25.7 Å².